The lowest BCUT2D eigenvalue weighted by Crippen LogP contribution is -2.35. The number of methoxy groups -OCH3 is 1. The molecule has 212 valence electrons. The van der Waals surface area contributed by atoms with E-state index in [1.165, 1.54) is 30.9 Å². The molecule has 1 aliphatic heterocycles. The quantitative estimate of drug-likeness (QED) is 0.338. The topological polar surface area (TPSA) is 105 Å². The zero-order valence-electron chi connectivity index (χ0n) is 23.2. The Kier molecular flexibility index (Phi) is 8.85. The fraction of sp³-hybridized carbons (Fsp3) is 0.367. The highest BCUT2D eigenvalue weighted by Gasteiger charge is 2.27. The van der Waals surface area contributed by atoms with Gasteiger partial charge in [0.25, 0.3) is 5.56 Å². The third-order valence-corrected chi connectivity index (χ3v) is 6.54. The predicted molar refractivity (Wildman–Crippen MR) is 153 cm³/mol. The average Bonchev–Trinajstić information content (AvgIpc) is 2.90. The van der Waals surface area contributed by atoms with Crippen LogP contribution < -0.4 is 25.1 Å². The van der Waals surface area contributed by atoms with Gasteiger partial charge in [0.15, 0.2) is 17.3 Å². The largest absolute Gasteiger partial charge is 0.495 e. The lowest BCUT2D eigenvalue weighted by molar-refractivity contribution is -0.120. The van der Waals surface area contributed by atoms with Crippen LogP contribution in [-0.2, 0) is 9.53 Å². The van der Waals surface area contributed by atoms with Gasteiger partial charge in [-0.3, -0.25) is 19.0 Å². The van der Waals surface area contributed by atoms with Crippen molar-refractivity contribution in [1.82, 2.24) is 4.57 Å². The molecule has 0 fully saturated rings. The summed E-state index contributed by atoms with van der Waals surface area (Å²) in [7, 11) is 1.46. The van der Waals surface area contributed by atoms with E-state index in [1.54, 1.807) is 36.4 Å². The Hall–Kier alpha value is -3.82. The van der Waals surface area contributed by atoms with Crippen LogP contribution >= 0.6 is 11.6 Å². The Balaban J connectivity index is 1.76. The summed E-state index contributed by atoms with van der Waals surface area (Å²) in [6.07, 6.45) is 1.68. The van der Waals surface area contributed by atoms with E-state index in [0.717, 1.165) is 0 Å². The summed E-state index contributed by atoms with van der Waals surface area (Å²) in [6, 6.07) is 10.5. The van der Waals surface area contributed by atoms with Crippen molar-refractivity contribution in [2.24, 2.45) is 0 Å². The molecule has 10 heteroatoms. The highest BCUT2D eigenvalue weighted by Crippen LogP contribution is 2.38. The van der Waals surface area contributed by atoms with Crippen molar-refractivity contribution in [2.45, 2.75) is 45.8 Å². The minimum absolute atomic E-state index is 0.188. The maximum absolute atomic E-state index is 13.7. The van der Waals surface area contributed by atoms with Crippen molar-refractivity contribution in [1.29, 1.82) is 0 Å². The lowest BCUT2D eigenvalue weighted by atomic mass is 9.97. The van der Waals surface area contributed by atoms with Gasteiger partial charge in [0.1, 0.15) is 25.0 Å². The molecule has 0 bridgehead atoms. The summed E-state index contributed by atoms with van der Waals surface area (Å²) >= 11 is 6.23. The number of ketones is 1. The summed E-state index contributed by atoms with van der Waals surface area (Å²) in [4.78, 5) is 39.6. The molecule has 9 nitrogen and oxygen atoms in total. The van der Waals surface area contributed by atoms with E-state index in [1.807, 2.05) is 20.8 Å². The number of anilines is 1. The number of halogens is 1. The van der Waals surface area contributed by atoms with Gasteiger partial charge >= 0.3 is 0 Å². The SMILES string of the molecule is COc1cn(C(CCOC(C)(C)C)C(=O)Nc2cccc3c2OCCO3)c(=O)cc1-c1cc(Cl)ccc1C(C)=O. The van der Waals surface area contributed by atoms with Gasteiger partial charge < -0.3 is 24.3 Å². The van der Waals surface area contributed by atoms with E-state index < -0.39 is 23.1 Å². The van der Waals surface area contributed by atoms with Gasteiger partial charge in [0.05, 0.1) is 24.6 Å². The molecule has 40 heavy (non-hydrogen) atoms. The van der Waals surface area contributed by atoms with Crippen LogP contribution in [0, 0.1) is 0 Å². The zero-order valence-corrected chi connectivity index (χ0v) is 24.0. The lowest BCUT2D eigenvalue weighted by Gasteiger charge is -2.25. The number of hydrogen-bond acceptors (Lipinski definition) is 7. The summed E-state index contributed by atoms with van der Waals surface area (Å²) < 4.78 is 24.2. The van der Waals surface area contributed by atoms with Gasteiger partial charge in [-0.1, -0.05) is 17.7 Å². The number of nitrogens with one attached hydrogen (secondary N) is 1. The van der Waals surface area contributed by atoms with Crippen LogP contribution in [-0.4, -0.2) is 48.8 Å². The Morgan fingerprint density at radius 2 is 1.85 bits per heavy atom. The molecule has 1 aromatic heterocycles. The van der Waals surface area contributed by atoms with Crippen molar-refractivity contribution >= 4 is 29.0 Å². The third-order valence-electron chi connectivity index (χ3n) is 6.30. The van der Waals surface area contributed by atoms with Gasteiger partial charge in [-0.05, 0) is 63.6 Å². The van der Waals surface area contributed by atoms with Crippen LogP contribution in [0.1, 0.15) is 50.5 Å². The van der Waals surface area contributed by atoms with Crippen LogP contribution in [0.2, 0.25) is 5.02 Å². The van der Waals surface area contributed by atoms with Crippen LogP contribution in [0.15, 0.2) is 53.5 Å². The summed E-state index contributed by atoms with van der Waals surface area (Å²) in [6.45, 7) is 8.16. The molecule has 2 heterocycles. The Bertz CT molecular complexity index is 1480. The first-order valence-corrected chi connectivity index (χ1v) is 13.3. The molecule has 0 aliphatic carbocycles. The standard InChI is InChI=1S/C30H33ClN2O7/c1-18(34)20-10-9-19(31)15-21(20)22-16-27(35)33(17-26(22)37-5)24(11-12-40-30(2,3)4)29(36)32-23-7-6-8-25-28(23)39-14-13-38-25/h6-10,15-17,24H,11-14H2,1-5H3,(H,32,36). The van der Waals surface area contributed by atoms with Crippen molar-refractivity contribution in [2.75, 3.05) is 32.2 Å². The molecule has 0 spiro atoms. The fourth-order valence-electron chi connectivity index (χ4n) is 4.45. The molecule has 1 aliphatic rings. The molecule has 1 unspecified atom stereocenters. The number of hydrogen-bond donors (Lipinski definition) is 1. The molecule has 2 aromatic carbocycles. The first kappa shape index (κ1) is 29.2. The monoisotopic (exact) mass is 568 g/mol. The molecule has 0 saturated carbocycles. The fourth-order valence-corrected chi connectivity index (χ4v) is 4.63. The van der Waals surface area contributed by atoms with Crippen LogP contribution in [0.25, 0.3) is 11.1 Å². The van der Waals surface area contributed by atoms with Gasteiger partial charge in [-0.2, -0.15) is 0 Å². The van der Waals surface area contributed by atoms with E-state index in [4.69, 9.17) is 30.5 Å². The normalized spacial score (nSPS) is 13.4. The number of amides is 1. The number of aromatic nitrogens is 1. The molecule has 4 rings (SSSR count). The minimum Gasteiger partial charge on any atom is -0.495 e. The summed E-state index contributed by atoms with van der Waals surface area (Å²) in [5.74, 6) is 0.635. The minimum atomic E-state index is -0.954. The van der Waals surface area contributed by atoms with E-state index in [0.29, 0.717) is 57.9 Å². The Morgan fingerprint density at radius 1 is 1.10 bits per heavy atom. The third kappa shape index (κ3) is 6.66. The van der Waals surface area contributed by atoms with E-state index in [9.17, 15) is 14.4 Å². The number of Topliss-reactive ketones (excluding diaryl/α,β-unsaturated/α-hetero) is 1. The van der Waals surface area contributed by atoms with E-state index in [-0.39, 0.29) is 18.8 Å². The number of pyridine rings is 1. The van der Waals surface area contributed by atoms with E-state index in [2.05, 4.69) is 5.32 Å². The number of carbonyl (C=O) groups is 2. The number of benzene rings is 2. The maximum atomic E-state index is 13.7. The second-order valence-electron chi connectivity index (χ2n) is 10.3. The van der Waals surface area contributed by atoms with Gasteiger partial charge in [-0.15, -0.1) is 0 Å². The number of ether oxygens (including phenoxy) is 4. The molecular weight excluding hydrogens is 536 g/mol. The number of fused-ring (bicyclic) bond motifs is 1. The molecule has 0 saturated heterocycles. The van der Waals surface area contributed by atoms with Gasteiger partial charge in [0.2, 0.25) is 5.91 Å². The predicted octanol–water partition coefficient (Wildman–Crippen LogP) is 5.54. The van der Waals surface area contributed by atoms with Crippen LogP contribution in [0.5, 0.6) is 17.2 Å². The molecule has 1 N–H and O–H groups in total. The summed E-state index contributed by atoms with van der Waals surface area (Å²) in [5.41, 5.74) is 0.785. The average molecular weight is 569 g/mol. The molecule has 0 radical (unpaired) electrons. The maximum Gasteiger partial charge on any atom is 0.252 e. The number of rotatable bonds is 9. The van der Waals surface area contributed by atoms with Crippen molar-refractivity contribution in [3.05, 3.63) is 69.6 Å². The van der Waals surface area contributed by atoms with Gasteiger partial charge in [0, 0.05) is 35.2 Å². The van der Waals surface area contributed by atoms with Gasteiger partial charge in [-0.25, -0.2) is 0 Å². The first-order valence-electron chi connectivity index (χ1n) is 12.9. The Morgan fingerprint density at radius 3 is 2.55 bits per heavy atom. The summed E-state index contributed by atoms with van der Waals surface area (Å²) in [5, 5.41) is 3.30. The Labute approximate surface area is 238 Å². The highest BCUT2D eigenvalue weighted by molar-refractivity contribution is 6.31. The number of carbonyl (C=O) groups excluding carboxylic acids is 2. The number of para-hydroxylation sites is 1. The van der Waals surface area contributed by atoms with Crippen molar-refractivity contribution < 1.29 is 28.5 Å². The van der Waals surface area contributed by atoms with E-state index >= 15 is 0 Å². The molecule has 3 aromatic rings. The van der Waals surface area contributed by atoms with Crippen LogP contribution in [0.4, 0.5) is 5.69 Å². The second-order valence-corrected chi connectivity index (χ2v) is 10.8. The van der Waals surface area contributed by atoms with Crippen molar-refractivity contribution in [3.63, 3.8) is 0 Å². The number of nitrogens with zero attached hydrogens (tertiary/aromatic N) is 1. The molecule has 1 atom stereocenters. The zero-order chi connectivity index (χ0) is 29.0. The van der Waals surface area contributed by atoms with Crippen molar-refractivity contribution in [3.8, 4) is 28.4 Å². The highest BCUT2D eigenvalue weighted by atomic mass is 35.5. The molecule has 1 amide bonds. The molecular formula is C30H33ClN2O7. The first-order chi connectivity index (χ1) is 19.0. The van der Waals surface area contributed by atoms with Crippen LogP contribution in [0.3, 0.4) is 0 Å². The smallest absolute Gasteiger partial charge is 0.252 e. The second kappa shape index (κ2) is 12.1.